The maximum atomic E-state index is 12.0. The van der Waals surface area contributed by atoms with Gasteiger partial charge in [0.25, 0.3) is 0 Å². The number of phenols is 1. The molecule has 3 nitrogen and oxygen atoms in total. The molecule has 0 saturated carbocycles. The molecule has 1 N–H and O–H groups in total. The van der Waals surface area contributed by atoms with Crippen LogP contribution in [0.3, 0.4) is 0 Å². The highest BCUT2D eigenvalue weighted by molar-refractivity contribution is 5.87. The minimum absolute atomic E-state index is 0.243. The van der Waals surface area contributed by atoms with Crippen LogP contribution in [0.2, 0.25) is 0 Å². The van der Waals surface area contributed by atoms with E-state index in [9.17, 15) is 5.11 Å². The summed E-state index contributed by atoms with van der Waals surface area (Å²) in [5.41, 5.74) is 11.3. The smallest absolute Gasteiger partial charge is 0.129 e. The molecule has 4 aliphatic carbocycles. The van der Waals surface area contributed by atoms with Crippen LogP contribution in [0.15, 0.2) is 113 Å². The Hall–Kier alpha value is -4.24. The second kappa shape index (κ2) is 8.41. The largest absolute Gasteiger partial charge is 0.507 e. The van der Waals surface area contributed by atoms with Gasteiger partial charge in [-0.15, -0.1) is 0 Å². The fourth-order valence-corrected chi connectivity index (χ4v) is 6.88. The lowest BCUT2D eigenvalue weighted by molar-refractivity contribution is 0.451. The van der Waals surface area contributed by atoms with E-state index in [4.69, 9.17) is 0 Å². The number of phenolic OH excluding ortho intramolecular Hbond substituents is 1. The van der Waals surface area contributed by atoms with E-state index in [0.717, 1.165) is 35.2 Å². The number of aryl methyl sites for hydroxylation is 1. The quantitative estimate of drug-likeness (QED) is 0.315. The van der Waals surface area contributed by atoms with Gasteiger partial charge < -0.3 is 5.11 Å². The lowest BCUT2D eigenvalue weighted by Crippen LogP contribution is -2.44. The summed E-state index contributed by atoms with van der Waals surface area (Å²) in [7, 11) is 0. The Morgan fingerprint density at radius 2 is 1.68 bits per heavy atom. The molecule has 0 atom stereocenters. The van der Waals surface area contributed by atoms with Gasteiger partial charge in [-0.3, -0.25) is 9.98 Å². The minimum atomic E-state index is -0.526. The van der Waals surface area contributed by atoms with Crippen molar-refractivity contribution in [3.8, 4) is 5.75 Å². The number of allylic oxidation sites excluding steroid dienone is 4. The molecule has 0 amide bonds. The summed E-state index contributed by atoms with van der Waals surface area (Å²) in [5.74, 6) is 0.550. The van der Waals surface area contributed by atoms with Crippen molar-refractivity contribution in [3.05, 3.63) is 153 Å². The highest BCUT2D eigenvalue weighted by Crippen LogP contribution is 2.64. The van der Waals surface area contributed by atoms with E-state index in [1.54, 1.807) is 12.4 Å². The number of benzene rings is 3. The molecule has 8 rings (SSSR count). The van der Waals surface area contributed by atoms with Gasteiger partial charge in [0.15, 0.2) is 0 Å². The summed E-state index contributed by atoms with van der Waals surface area (Å²) in [5, 5.41) is 12.0. The number of rotatable bonds is 4. The van der Waals surface area contributed by atoms with Crippen molar-refractivity contribution in [2.75, 3.05) is 0 Å². The van der Waals surface area contributed by atoms with Gasteiger partial charge in [0.1, 0.15) is 5.75 Å². The highest BCUT2D eigenvalue weighted by atomic mass is 16.3. The van der Waals surface area contributed by atoms with Gasteiger partial charge in [-0.25, -0.2) is 0 Å². The van der Waals surface area contributed by atoms with Crippen LogP contribution in [0.1, 0.15) is 63.4 Å². The molecule has 0 spiro atoms. The van der Waals surface area contributed by atoms with E-state index in [1.807, 2.05) is 24.3 Å². The zero-order valence-electron chi connectivity index (χ0n) is 20.9. The third kappa shape index (κ3) is 3.13. The standard InChI is InChI=1S/C34H28N2O/c1-22-18-23(20-35-21-24-10-8-9-17-36-24)33(37)31(19-22)34-28-14-5-2-11-25(28)32(26-12-3-6-15-29(26)34)27-13-4-7-16-30(27)34/h2-6,8-15,17-20,32,37H,7,16,21H2,1H3. The Labute approximate surface area is 217 Å². The summed E-state index contributed by atoms with van der Waals surface area (Å²) in [6, 6.07) is 27.7. The number of pyridine rings is 1. The van der Waals surface area contributed by atoms with Gasteiger partial charge in [0.2, 0.25) is 0 Å². The number of aromatic hydroxyl groups is 1. The van der Waals surface area contributed by atoms with Crippen LogP contribution in [-0.4, -0.2) is 16.3 Å². The Kier molecular flexibility index (Phi) is 5.00. The molecule has 0 radical (unpaired) electrons. The molecule has 180 valence electrons. The molecule has 0 aliphatic heterocycles. The van der Waals surface area contributed by atoms with Gasteiger partial charge >= 0.3 is 0 Å². The van der Waals surface area contributed by atoms with Crippen molar-refractivity contribution in [1.82, 2.24) is 4.98 Å². The van der Waals surface area contributed by atoms with Crippen molar-refractivity contribution >= 4 is 6.21 Å². The second-order valence-electron chi connectivity index (χ2n) is 10.3. The number of aliphatic imine (C=N–C) groups is 1. The van der Waals surface area contributed by atoms with Crippen molar-refractivity contribution in [3.63, 3.8) is 0 Å². The molecule has 0 unspecified atom stereocenters. The van der Waals surface area contributed by atoms with E-state index < -0.39 is 5.41 Å². The second-order valence-corrected chi connectivity index (χ2v) is 10.3. The average Bonchev–Trinajstić information content (AvgIpc) is 2.95. The molecule has 3 aromatic carbocycles. The third-order valence-electron chi connectivity index (χ3n) is 8.22. The summed E-state index contributed by atoms with van der Waals surface area (Å²) in [6.07, 6.45) is 10.2. The molecule has 0 saturated heterocycles. The summed E-state index contributed by atoms with van der Waals surface area (Å²) in [6.45, 7) is 2.58. The molecule has 2 bridgehead atoms. The third-order valence-corrected chi connectivity index (χ3v) is 8.22. The zero-order chi connectivity index (χ0) is 25.0. The molecule has 3 heteroatoms. The first-order valence-corrected chi connectivity index (χ1v) is 13.0. The van der Waals surface area contributed by atoms with Crippen molar-refractivity contribution in [1.29, 1.82) is 0 Å². The maximum Gasteiger partial charge on any atom is 0.129 e. The predicted molar refractivity (Wildman–Crippen MR) is 148 cm³/mol. The van der Waals surface area contributed by atoms with Gasteiger partial charge in [0, 0.05) is 29.5 Å². The number of hydrogen-bond donors (Lipinski definition) is 1. The number of hydrogen-bond acceptors (Lipinski definition) is 3. The Bertz CT molecular complexity index is 1580. The predicted octanol–water partition coefficient (Wildman–Crippen LogP) is 7.15. The van der Waals surface area contributed by atoms with Crippen molar-refractivity contribution in [2.24, 2.45) is 4.99 Å². The first-order chi connectivity index (χ1) is 18.2. The van der Waals surface area contributed by atoms with Gasteiger partial charge in [-0.2, -0.15) is 0 Å². The molecule has 4 aromatic rings. The van der Waals surface area contributed by atoms with Crippen LogP contribution < -0.4 is 0 Å². The van der Waals surface area contributed by atoms with Crippen LogP contribution in [0.5, 0.6) is 5.75 Å². The van der Waals surface area contributed by atoms with Gasteiger partial charge in [0.05, 0.1) is 17.7 Å². The SMILES string of the molecule is Cc1cc(C=NCc2ccccn2)c(O)c(C23C4=C(C=CCC4)C(c4ccccc42)c2ccccc23)c1. The fourth-order valence-electron chi connectivity index (χ4n) is 6.88. The van der Waals surface area contributed by atoms with Crippen LogP contribution >= 0.6 is 0 Å². The van der Waals surface area contributed by atoms with E-state index >= 15 is 0 Å². The highest BCUT2D eigenvalue weighted by Gasteiger charge is 2.54. The monoisotopic (exact) mass is 480 g/mol. The van der Waals surface area contributed by atoms with E-state index in [-0.39, 0.29) is 5.92 Å². The normalized spacial score (nSPS) is 21.2. The Morgan fingerprint density at radius 1 is 0.946 bits per heavy atom. The lowest BCUT2D eigenvalue weighted by Gasteiger charge is -2.53. The minimum Gasteiger partial charge on any atom is -0.507 e. The topological polar surface area (TPSA) is 45.5 Å². The molecular weight excluding hydrogens is 452 g/mol. The van der Waals surface area contributed by atoms with Crippen LogP contribution in [-0.2, 0) is 12.0 Å². The zero-order valence-corrected chi connectivity index (χ0v) is 20.9. The van der Waals surface area contributed by atoms with Crippen LogP contribution in [0, 0.1) is 6.92 Å². The van der Waals surface area contributed by atoms with Crippen LogP contribution in [0.25, 0.3) is 0 Å². The molecular formula is C34H28N2O. The van der Waals surface area contributed by atoms with E-state index in [2.05, 4.69) is 83.6 Å². The van der Waals surface area contributed by atoms with Crippen molar-refractivity contribution in [2.45, 2.75) is 37.6 Å². The van der Waals surface area contributed by atoms with Gasteiger partial charge in [-0.1, -0.05) is 72.8 Å². The number of nitrogens with zero attached hydrogens (tertiary/aromatic N) is 2. The van der Waals surface area contributed by atoms with E-state index in [0.29, 0.717) is 12.3 Å². The molecule has 1 aromatic heterocycles. The molecule has 37 heavy (non-hydrogen) atoms. The van der Waals surface area contributed by atoms with E-state index in [1.165, 1.54) is 33.4 Å². The molecule has 0 fully saturated rings. The fraction of sp³-hybridized carbons (Fsp3) is 0.176. The molecule has 4 aliphatic rings. The lowest BCUT2D eigenvalue weighted by atomic mass is 9.49. The maximum absolute atomic E-state index is 12.0. The first-order valence-electron chi connectivity index (χ1n) is 13.0. The Balaban J connectivity index is 1.49. The average molecular weight is 481 g/mol. The Morgan fingerprint density at radius 3 is 2.41 bits per heavy atom. The van der Waals surface area contributed by atoms with Gasteiger partial charge in [-0.05, 0) is 76.9 Å². The van der Waals surface area contributed by atoms with Crippen molar-refractivity contribution < 1.29 is 5.11 Å². The number of aromatic nitrogens is 1. The summed E-state index contributed by atoms with van der Waals surface area (Å²) in [4.78, 5) is 9.03. The van der Waals surface area contributed by atoms with Crippen LogP contribution in [0.4, 0.5) is 0 Å². The summed E-state index contributed by atoms with van der Waals surface area (Å²) >= 11 is 0. The summed E-state index contributed by atoms with van der Waals surface area (Å²) < 4.78 is 0. The first kappa shape index (κ1) is 22.0. The molecule has 1 heterocycles.